The van der Waals surface area contributed by atoms with Crippen molar-refractivity contribution in [1.29, 1.82) is 0 Å². The summed E-state index contributed by atoms with van der Waals surface area (Å²) in [6.07, 6.45) is 11.6. The number of fused-ring (bicyclic) bond motifs is 1. The van der Waals surface area contributed by atoms with Gasteiger partial charge < -0.3 is 9.64 Å². The van der Waals surface area contributed by atoms with Gasteiger partial charge in [0.2, 0.25) is 0 Å². The molecule has 8 heteroatoms. The largest absolute Gasteiger partial charge is 0.379 e. The lowest BCUT2D eigenvalue weighted by Gasteiger charge is -2.38. The van der Waals surface area contributed by atoms with Crippen molar-refractivity contribution < 1.29 is 4.74 Å². The summed E-state index contributed by atoms with van der Waals surface area (Å²) < 4.78 is 7.41. The molecule has 2 saturated heterocycles. The number of rotatable bonds is 4. The summed E-state index contributed by atoms with van der Waals surface area (Å²) in [5, 5.41) is 4.70. The van der Waals surface area contributed by atoms with Gasteiger partial charge in [0.25, 0.3) is 0 Å². The van der Waals surface area contributed by atoms with Gasteiger partial charge in [0.05, 0.1) is 23.9 Å². The van der Waals surface area contributed by atoms with E-state index < -0.39 is 0 Å². The van der Waals surface area contributed by atoms with E-state index in [1.54, 1.807) is 0 Å². The Morgan fingerprint density at radius 2 is 1.76 bits per heavy atom. The second kappa shape index (κ2) is 9.90. The van der Waals surface area contributed by atoms with Gasteiger partial charge in [-0.05, 0) is 76.2 Å². The molecule has 0 radical (unpaired) electrons. The number of thiazole rings is 1. The Morgan fingerprint density at radius 1 is 1.00 bits per heavy atom. The van der Waals surface area contributed by atoms with Crippen LogP contribution in [0.25, 0.3) is 22.3 Å². The molecule has 3 aromatic heterocycles. The molecule has 0 N–H and O–H groups in total. The summed E-state index contributed by atoms with van der Waals surface area (Å²) in [7, 11) is 2.21. The molecule has 3 aromatic rings. The molecule has 0 bridgehead atoms. The molecule has 0 atom stereocenters. The molecule has 1 saturated carbocycles. The number of likely N-dealkylation sites (tertiary alicyclic amines) is 1. The Morgan fingerprint density at radius 3 is 2.53 bits per heavy atom. The summed E-state index contributed by atoms with van der Waals surface area (Å²) >= 11 is 6.50. The lowest BCUT2D eigenvalue weighted by Crippen LogP contribution is -2.44. The Balaban J connectivity index is 1.21. The SMILES string of the molecule is CN1CCC(c2nc(-c3cn(S)c4ncc(C5CCC(N6CCOCC6)CC5)cc34)cs2)CC1. The van der Waals surface area contributed by atoms with Gasteiger partial charge in [-0.2, -0.15) is 0 Å². The van der Waals surface area contributed by atoms with Crippen LogP contribution >= 0.6 is 24.2 Å². The van der Waals surface area contributed by atoms with Crippen molar-refractivity contribution in [2.45, 2.75) is 56.4 Å². The quantitative estimate of drug-likeness (QED) is 0.513. The van der Waals surface area contributed by atoms with Crippen LogP contribution in [-0.4, -0.2) is 76.2 Å². The Bertz CT molecular complexity index is 1120. The van der Waals surface area contributed by atoms with E-state index in [0.29, 0.717) is 11.8 Å². The van der Waals surface area contributed by atoms with Crippen LogP contribution in [-0.2, 0) is 4.74 Å². The van der Waals surface area contributed by atoms with E-state index in [2.05, 4.69) is 53.5 Å². The Kier molecular flexibility index (Phi) is 6.69. The van der Waals surface area contributed by atoms with E-state index in [4.69, 9.17) is 14.7 Å². The molecule has 34 heavy (non-hydrogen) atoms. The first kappa shape index (κ1) is 23.0. The second-order valence-corrected chi connectivity index (χ2v) is 11.7. The minimum absolute atomic E-state index is 0.592. The summed E-state index contributed by atoms with van der Waals surface area (Å²) in [5.41, 5.74) is 4.54. The van der Waals surface area contributed by atoms with E-state index in [1.165, 1.54) is 54.5 Å². The molecule has 2 aliphatic heterocycles. The highest BCUT2D eigenvalue weighted by Crippen LogP contribution is 2.39. The first-order valence-electron chi connectivity index (χ1n) is 12.8. The normalized spacial score (nSPS) is 25.8. The maximum absolute atomic E-state index is 5.55. The number of piperidine rings is 1. The second-order valence-electron chi connectivity index (χ2n) is 10.3. The van der Waals surface area contributed by atoms with Crippen LogP contribution < -0.4 is 0 Å². The topological polar surface area (TPSA) is 46.4 Å². The predicted octanol–water partition coefficient (Wildman–Crippen LogP) is 5.02. The fourth-order valence-electron chi connectivity index (χ4n) is 6.11. The van der Waals surface area contributed by atoms with Crippen molar-refractivity contribution >= 4 is 35.2 Å². The van der Waals surface area contributed by atoms with E-state index in [9.17, 15) is 0 Å². The summed E-state index contributed by atoms with van der Waals surface area (Å²) in [6, 6.07) is 3.09. The van der Waals surface area contributed by atoms with Gasteiger partial charge in [-0.25, -0.2) is 9.97 Å². The molecule has 0 unspecified atom stereocenters. The maximum atomic E-state index is 5.55. The van der Waals surface area contributed by atoms with Crippen LogP contribution in [0.1, 0.15) is 60.9 Å². The number of morpholine rings is 1. The molecule has 3 aliphatic rings. The smallest absolute Gasteiger partial charge is 0.150 e. The van der Waals surface area contributed by atoms with Crippen LogP contribution in [0.3, 0.4) is 0 Å². The van der Waals surface area contributed by atoms with Gasteiger partial charge in [-0.3, -0.25) is 8.87 Å². The number of hydrogen-bond donors (Lipinski definition) is 1. The highest BCUT2D eigenvalue weighted by molar-refractivity contribution is 7.78. The number of ether oxygens (including phenoxy) is 1. The van der Waals surface area contributed by atoms with E-state index in [-0.39, 0.29) is 0 Å². The molecule has 6 rings (SSSR count). The zero-order chi connectivity index (χ0) is 23.1. The average Bonchev–Trinajstić information content (AvgIpc) is 3.50. The van der Waals surface area contributed by atoms with Crippen molar-refractivity contribution in [2.24, 2.45) is 0 Å². The van der Waals surface area contributed by atoms with Crippen LogP contribution in [0.2, 0.25) is 0 Å². The van der Waals surface area contributed by atoms with E-state index >= 15 is 0 Å². The summed E-state index contributed by atoms with van der Waals surface area (Å²) in [6.45, 7) is 6.29. The third kappa shape index (κ3) is 4.55. The van der Waals surface area contributed by atoms with Crippen molar-refractivity contribution in [3.63, 3.8) is 0 Å². The molecule has 0 spiro atoms. The predicted molar refractivity (Wildman–Crippen MR) is 142 cm³/mol. The van der Waals surface area contributed by atoms with Crippen molar-refractivity contribution in [3.05, 3.63) is 34.4 Å². The van der Waals surface area contributed by atoms with E-state index in [0.717, 1.165) is 62.3 Å². The van der Waals surface area contributed by atoms with Crippen LogP contribution in [0.15, 0.2) is 23.8 Å². The summed E-state index contributed by atoms with van der Waals surface area (Å²) in [4.78, 5) is 15.0. The van der Waals surface area contributed by atoms with Crippen molar-refractivity contribution in [1.82, 2.24) is 23.7 Å². The van der Waals surface area contributed by atoms with Crippen LogP contribution in [0, 0.1) is 0 Å². The fraction of sp³-hybridized carbons (Fsp3) is 0.615. The van der Waals surface area contributed by atoms with Gasteiger partial charge in [-0.1, -0.05) is 12.8 Å². The molecular weight excluding hydrogens is 462 g/mol. The molecule has 1 aliphatic carbocycles. The van der Waals surface area contributed by atoms with Crippen molar-refractivity contribution in [3.8, 4) is 11.3 Å². The molecule has 0 aromatic carbocycles. The first-order chi connectivity index (χ1) is 16.7. The third-order valence-electron chi connectivity index (χ3n) is 8.24. The zero-order valence-corrected chi connectivity index (χ0v) is 21.7. The van der Waals surface area contributed by atoms with Gasteiger partial charge in [-0.15, -0.1) is 11.3 Å². The molecule has 182 valence electrons. The molecule has 0 amide bonds. The number of thiol groups is 1. The number of aromatic nitrogens is 3. The Labute approximate surface area is 211 Å². The van der Waals surface area contributed by atoms with Crippen LogP contribution in [0.4, 0.5) is 0 Å². The molecule has 6 nitrogen and oxygen atoms in total. The number of nitrogens with zero attached hydrogens (tertiary/aromatic N) is 5. The lowest BCUT2D eigenvalue weighted by molar-refractivity contribution is 0.00729. The zero-order valence-electron chi connectivity index (χ0n) is 20.0. The minimum Gasteiger partial charge on any atom is -0.379 e. The minimum atomic E-state index is 0.592. The summed E-state index contributed by atoms with van der Waals surface area (Å²) in [5.74, 6) is 1.19. The number of pyridine rings is 1. The monoisotopic (exact) mass is 497 g/mol. The first-order valence-corrected chi connectivity index (χ1v) is 14.1. The maximum Gasteiger partial charge on any atom is 0.150 e. The third-order valence-corrected chi connectivity index (χ3v) is 9.55. The van der Waals surface area contributed by atoms with Crippen LogP contribution in [0.5, 0.6) is 0 Å². The molecule has 3 fully saturated rings. The highest BCUT2D eigenvalue weighted by atomic mass is 32.1. The van der Waals surface area contributed by atoms with Crippen molar-refractivity contribution in [2.75, 3.05) is 46.4 Å². The number of hydrogen-bond acceptors (Lipinski definition) is 7. The average molecular weight is 498 g/mol. The van der Waals surface area contributed by atoms with Gasteiger partial charge in [0.15, 0.2) is 0 Å². The van der Waals surface area contributed by atoms with Gasteiger partial charge in [0.1, 0.15) is 5.65 Å². The van der Waals surface area contributed by atoms with Gasteiger partial charge >= 0.3 is 0 Å². The molecular formula is C26H35N5OS2. The van der Waals surface area contributed by atoms with Gasteiger partial charge in [0, 0.05) is 53.8 Å². The fourth-order valence-corrected chi connectivity index (χ4v) is 7.37. The standard InChI is InChI=1S/C26H35N5OS2/c1-29-8-6-19(7-9-29)26-28-24(17-34-26)23-16-31(33)25-22(23)14-20(15-27-25)18-2-4-21(5-3-18)30-10-12-32-13-11-30/h14-19,21,33H,2-13H2,1H3. The molecule has 5 heterocycles. The van der Waals surface area contributed by atoms with E-state index in [1.807, 2.05) is 15.3 Å². The highest BCUT2D eigenvalue weighted by Gasteiger charge is 2.28. The lowest BCUT2D eigenvalue weighted by atomic mass is 9.81. The Hall–Kier alpha value is -1.45.